The lowest BCUT2D eigenvalue weighted by molar-refractivity contribution is 0.597. The van der Waals surface area contributed by atoms with Gasteiger partial charge in [-0.1, -0.05) is 42.5 Å². The Morgan fingerprint density at radius 3 is 2.43 bits per heavy atom. The van der Waals surface area contributed by atoms with Gasteiger partial charge in [0.2, 0.25) is 0 Å². The van der Waals surface area contributed by atoms with E-state index in [2.05, 4.69) is 4.98 Å². The van der Waals surface area contributed by atoms with E-state index in [4.69, 9.17) is 0 Å². The van der Waals surface area contributed by atoms with E-state index in [1.54, 1.807) is 24.3 Å². The minimum absolute atomic E-state index is 0.220. The number of nitrogens with zero attached hydrogens (tertiary/aromatic N) is 1. The molecule has 1 heterocycles. The Hall–Kier alpha value is -2.62. The van der Waals surface area contributed by atoms with Gasteiger partial charge in [-0.25, -0.2) is 4.79 Å². The van der Waals surface area contributed by atoms with Crippen LogP contribution in [0.2, 0.25) is 0 Å². The molecular weight excluding hydrogens is 264 g/mol. The van der Waals surface area contributed by atoms with Crippen LogP contribution in [0, 0.1) is 0 Å². The number of nitrogens with one attached hydrogen (secondary N) is 1. The third-order valence-electron chi connectivity index (χ3n) is 3.58. The maximum Gasteiger partial charge on any atom is 0.328 e. The number of aromatic nitrogens is 2. The van der Waals surface area contributed by atoms with Gasteiger partial charge in [0, 0.05) is 6.54 Å². The second kappa shape index (κ2) is 5.79. The summed E-state index contributed by atoms with van der Waals surface area (Å²) >= 11 is 0. The molecule has 0 aliphatic heterocycles. The summed E-state index contributed by atoms with van der Waals surface area (Å²) in [6, 6.07) is 17.1. The Morgan fingerprint density at radius 1 is 0.905 bits per heavy atom. The highest BCUT2D eigenvalue weighted by atomic mass is 16.2. The van der Waals surface area contributed by atoms with Crippen molar-refractivity contribution in [2.75, 3.05) is 0 Å². The van der Waals surface area contributed by atoms with Crippen LogP contribution < -0.4 is 11.2 Å². The van der Waals surface area contributed by atoms with Gasteiger partial charge in [0.05, 0.1) is 10.9 Å². The Kier molecular flexibility index (Phi) is 3.69. The van der Waals surface area contributed by atoms with E-state index in [9.17, 15) is 9.59 Å². The molecule has 4 nitrogen and oxygen atoms in total. The van der Waals surface area contributed by atoms with Crippen molar-refractivity contribution in [3.05, 3.63) is 81.0 Å². The van der Waals surface area contributed by atoms with E-state index in [-0.39, 0.29) is 11.2 Å². The smallest absolute Gasteiger partial charge is 0.307 e. The first-order chi connectivity index (χ1) is 10.3. The zero-order chi connectivity index (χ0) is 14.7. The molecule has 0 unspecified atom stereocenters. The average molecular weight is 280 g/mol. The van der Waals surface area contributed by atoms with E-state index in [1.807, 2.05) is 30.3 Å². The van der Waals surface area contributed by atoms with Crippen molar-refractivity contribution in [1.82, 2.24) is 9.55 Å². The molecule has 0 aliphatic carbocycles. The molecule has 3 aromatic rings. The molecule has 1 aromatic heterocycles. The molecule has 2 aromatic carbocycles. The highest BCUT2D eigenvalue weighted by molar-refractivity contribution is 5.76. The first-order valence-electron chi connectivity index (χ1n) is 7.01. The Morgan fingerprint density at radius 2 is 1.62 bits per heavy atom. The van der Waals surface area contributed by atoms with Crippen molar-refractivity contribution in [1.29, 1.82) is 0 Å². The van der Waals surface area contributed by atoms with Gasteiger partial charge in [0.1, 0.15) is 0 Å². The van der Waals surface area contributed by atoms with Crippen LogP contribution in [0.4, 0.5) is 0 Å². The number of H-pyrrole nitrogens is 1. The van der Waals surface area contributed by atoms with Gasteiger partial charge in [-0.05, 0) is 30.5 Å². The largest absolute Gasteiger partial charge is 0.328 e. The van der Waals surface area contributed by atoms with Crippen LogP contribution in [-0.2, 0) is 13.0 Å². The normalized spacial score (nSPS) is 10.9. The molecule has 0 atom stereocenters. The SMILES string of the molecule is O=c1[nH]c2ccccc2c(=O)n1CCCc1ccccc1. The number of aromatic amines is 1. The van der Waals surface area contributed by atoms with Gasteiger partial charge >= 0.3 is 5.69 Å². The highest BCUT2D eigenvalue weighted by Gasteiger charge is 2.06. The Labute approximate surface area is 121 Å². The fourth-order valence-corrected chi connectivity index (χ4v) is 2.49. The van der Waals surface area contributed by atoms with Crippen molar-refractivity contribution in [3.8, 4) is 0 Å². The molecule has 4 heteroatoms. The lowest BCUT2D eigenvalue weighted by atomic mass is 10.1. The minimum atomic E-state index is -0.341. The Bertz CT molecular complexity index is 863. The first kappa shape index (κ1) is 13.4. The fraction of sp³-hybridized carbons (Fsp3) is 0.176. The van der Waals surface area contributed by atoms with Gasteiger partial charge in [-0.2, -0.15) is 0 Å². The minimum Gasteiger partial charge on any atom is -0.307 e. The zero-order valence-electron chi connectivity index (χ0n) is 11.6. The van der Waals surface area contributed by atoms with Gasteiger partial charge in [-0.3, -0.25) is 9.36 Å². The van der Waals surface area contributed by atoms with Crippen LogP contribution in [0.3, 0.4) is 0 Å². The predicted octanol–water partition coefficient (Wildman–Crippen LogP) is 2.32. The van der Waals surface area contributed by atoms with Crippen molar-refractivity contribution in [3.63, 3.8) is 0 Å². The van der Waals surface area contributed by atoms with Crippen LogP contribution in [-0.4, -0.2) is 9.55 Å². The summed E-state index contributed by atoms with van der Waals surface area (Å²) in [6.07, 6.45) is 1.60. The number of benzene rings is 2. The quantitative estimate of drug-likeness (QED) is 0.797. The molecule has 0 spiro atoms. The number of hydrogen-bond donors (Lipinski definition) is 1. The van der Waals surface area contributed by atoms with E-state index in [1.165, 1.54) is 10.1 Å². The molecule has 0 aliphatic rings. The van der Waals surface area contributed by atoms with E-state index < -0.39 is 0 Å². The molecule has 0 saturated carbocycles. The van der Waals surface area contributed by atoms with Crippen molar-refractivity contribution >= 4 is 10.9 Å². The number of hydrogen-bond acceptors (Lipinski definition) is 2. The summed E-state index contributed by atoms with van der Waals surface area (Å²) in [5.74, 6) is 0. The maximum absolute atomic E-state index is 12.3. The first-order valence-corrected chi connectivity index (χ1v) is 7.01. The standard InChI is InChI=1S/C17H16N2O2/c20-16-14-10-4-5-11-15(14)18-17(21)19(16)12-6-9-13-7-2-1-3-8-13/h1-5,7-8,10-11H,6,9,12H2,(H,18,21). The second-order valence-corrected chi connectivity index (χ2v) is 5.02. The van der Waals surface area contributed by atoms with Crippen molar-refractivity contribution in [2.45, 2.75) is 19.4 Å². The molecule has 0 saturated heterocycles. The molecule has 0 radical (unpaired) electrons. The number of aryl methyl sites for hydroxylation is 1. The van der Waals surface area contributed by atoms with Crippen LogP contribution in [0.1, 0.15) is 12.0 Å². The van der Waals surface area contributed by atoms with Crippen molar-refractivity contribution in [2.24, 2.45) is 0 Å². The molecule has 21 heavy (non-hydrogen) atoms. The lowest BCUT2D eigenvalue weighted by Crippen LogP contribution is -2.35. The summed E-state index contributed by atoms with van der Waals surface area (Å²) < 4.78 is 1.28. The van der Waals surface area contributed by atoms with Crippen LogP contribution in [0.25, 0.3) is 10.9 Å². The molecule has 3 rings (SSSR count). The van der Waals surface area contributed by atoms with Gasteiger partial charge in [0.25, 0.3) is 5.56 Å². The average Bonchev–Trinajstić information content (AvgIpc) is 2.51. The number of fused-ring (bicyclic) bond motifs is 1. The van der Waals surface area contributed by atoms with E-state index in [0.29, 0.717) is 17.4 Å². The fourth-order valence-electron chi connectivity index (χ4n) is 2.49. The third-order valence-corrected chi connectivity index (χ3v) is 3.58. The van der Waals surface area contributed by atoms with E-state index in [0.717, 1.165) is 12.8 Å². The molecule has 0 bridgehead atoms. The molecule has 1 N–H and O–H groups in total. The second-order valence-electron chi connectivity index (χ2n) is 5.02. The summed E-state index contributed by atoms with van der Waals surface area (Å²) in [6.45, 7) is 0.424. The summed E-state index contributed by atoms with van der Waals surface area (Å²) in [7, 11) is 0. The highest BCUT2D eigenvalue weighted by Crippen LogP contribution is 2.05. The van der Waals surface area contributed by atoms with Crippen LogP contribution >= 0.6 is 0 Å². The topological polar surface area (TPSA) is 54.9 Å². The van der Waals surface area contributed by atoms with Gasteiger partial charge < -0.3 is 4.98 Å². The third kappa shape index (κ3) is 2.79. The van der Waals surface area contributed by atoms with Gasteiger partial charge in [0.15, 0.2) is 0 Å². The summed E-state index contributed by atoms with van der Waals surface area (Å²) in [5.41, 5.74) is 1.24. The summed E-state index contributed by atoms with van der Waals surface area (Å²) in [4.78, 5) is 27.1. The predicted molar refractivity (Wildman–Crippen MR) is 83.6 cm³/mol. The van der Waals surface area contributed by atoms with Crippen LogP contribution in [0.15, 0.2) is 64.2 Å². The molecule has 106 valence electrons. The monoisotopic (exact) mass is 280 g/mol. The number of rotatable bonds is 4. The van der Waals surface area contributed by atoms with E-state index >= 15 is 0 Å². The Balaban J connectivity index is 1.84. The summed E-state index contributed by atoms with van der Waals surface area (Å²) in [5, 5.41) is 0.553. The molecule has 0 amide bonds. The van der Waals surface area contributed by atoms with Crippen molar-refractivity contribution < 1.29 is 0 Å². The number of para-hydroxylation sites is 1. The van der Waals surface area contributed by atoms with Crippen LogP contribution in [0.5, 0.6) is 0 Å². The molecule has 0 fully saturated rings. The zero-order valence-corrected chi connectivity index (χ0v) is 11.6. The molecular formula is C17H16N2O2. The lowest BCUT2D eigenvalue weighted by Gasteiger charge is -2.06. The maximum atomic E-state index is 12.3. The van der Waals surface area contributed by atoms with Gasteiger partial charge in [-0.15, -0.1) is 0 Å².